The standard InChI is InChI=1S/C27H48O9S/c1-14(2)18(28)7-6-15(3)21-22(30)23(31)24-26(21,5)11-9-20-25(4)10-8-16(36-37(33,34)35)12-17(25)19(29)13-27(20,24)32/h14-24,28-32H,6-13H2,1-5H3,(H,33,34,35)/t15-,16+,17-,18?,19?,20-,21+,22-,23?,24-,25+,26-,27+/m1/s1. The Kier molecular flexibility index (Phi) is 7.97. The van der Waals surface area contributed by atoms with Gasteiger partial charge < -0.3 is 25.5 Å². The molecule has 0 aromatic rings. The molecule has 9 nitrogen and oxygen atoms in total. The summed E-state index contributed by atoms with van der Waals surface area (Å²) in [6.07, 6.45) is -0.370. The molecule has 4 saturated carbocycles. The molecule has 0 spiro atoms. The molecule has 10 heteroatoms. The van der Waals surface area contributed by atoms with Gasteiger partial charge in [-0.25, -0.2) is 4.18 Å². The van der Waals surface area contributed by atoms with Gasteiger partial charge in [-0.1, -0.05) is 34.6 Å². The molecular formula is C27H48O9S. The number of hydrogen-bond donors (Lipinski definition) is 6. The van der Waals surface area contributed by atoms with E-state index < -0.39 is 63.3 Å². The largest absolute Gasteiger partial charge is 0.397 e. The van der Waals surface area contributed by atoms with Gasteiger partial charge in [-0.3, -0.25) is 4.55 Å². The normalized spacial score (nSPS) is 49.7. The van der Waals surface area contributed by atoms with Gasteiger partial charge in [0, 0.05) is 12.3 Å². The Morgan fingerprint density at radius 3 is 2.19 bits per heavy atom. The summed E-state index contributed by atoms with van der Waals surface area (Å²) in [6.45, 7) is 10.1. The quantitative estimate of drug-likeness (QED) is 0.262. The second-order valence-electron chi connectivity index (χ2n) is 13.7. The molecule has 0 heterocycles. The van der Waals surface area contributed by atoms with Gasteiger partial charge in [-0.2, -0.15) is 8.42 Å². The number of aliphatic hydroxyl groups excluding tert-OH is 4. The molecule has 37 heavy (non-hydrogen) atoms. The smallest absolute Gasteiger partial charge is 0.393 e. The van der Waals surface area contributed by atoms with Crippen molar-refractivity contribution < 1.29 is 42.7 Å². The van der Waals surface area contributed by atoms with E-state index in [2.05, 4.69) is 13.8 Å². The van der Waals surface area contributed by atoms with E-state index in [1.165, 1.54) is 0 Å². The summed E-state index contributed by atoms with van der Waals surface area (Å²) in [5, 5.41) is 56.8. The van der Waals surface area contributed by atoms with E-state index in [1.54, 1.807) is 0 Å². The molecule has 216 valence electrons. The average molecular weight is 549 g/mol. The lowest BCUT2D eigenvalue weighted by atomic mass is 9.42. The molecule has 4 rings (SSSR count). The van der Waals surface area contributed by atoms with E-state index >= 15 is 0 Å². The van der Waals surface area contributed by atoms with Crippen LogP contribution in [0.2, 0.25) is 0 Å². The number of rotatable bonds is 7. The molecule has 0 aromatic carbocycles. The van der Waals surface area contributed by atoms with Crippen LogP contribution < -0.4 is 0 Å². The summed E-state index contributed by atoms with van der Waals surface area (Å²) in [5.74, 6) is -1.26. The molecule has 0 amide bonds. The average Bonchev–Trinajstić information content (AvgIpc) is 2.97. The molecule has 4 fully saturated rings. The minimum atomic E-state index is -4.60. The highest BCUT2D eigenvalue weighted by Gasteiger charge is 2.72. The van der Waals surface area contributed by atoms with Crippen molar-refractivity contribution in [2.24, 2.45) is 46.3 Å². The van der Waals surface area contributed by atoms with Gasteiger partial charge in [0.1, 0.15) is 0 Å². The van der Waals surface area contributed by atoms with Crippen molar-refractivity contribution in [2.45, 2.75) is 122 Å². The van der Waals surface area contributed by atoms with E-state index in [4.69, 9.17) is 8.74 Å². The van der Waals surface area contributed by atoms with Gasteiger partial charge in [0.2, 0.25) is 0 Å². The Morgan fingerprint density at radius 1 is 0.973 bits per heavy atom. The van der Waals surface area contributed by atoms with Gasteiger partial charge in [-0.15, -0.1) is 0 Å². The summed E-state index contributed by atoms with van der Waals surface area (Å²) in [4.78, 5) is 0. The highest BCUT2D eigenvalue weighted by molar-refractivity contribution is 7.80. The van der Waals surface area contributed by atoms with Crippen molar-refractivity contribution in [1.29, 1.82) is 0 Å². The zero-order valence-corrected chi connectivity index (χ0v) is 23.6. The van der Waals surface area contributed by atoms with E-state index in [0.29, 0.717) is 38.5 Å². The first-order chi connectivity index (χ1) is 17.0. The molecule has 13 atom stereocenters. The number of hydrogen-bond acceptors (Lipinski definition) is 8. The fourth-order valence-electron chi connectivity index (χ4n) is 9.70. The molecule has 4 aliphatic carbocycles. The van der Waals surface area contributed by atoms with Crippen LogP contribution in [0.25, 0.3) is 0 Å². The Morgan fingerprint density at radius 2 is 1.59 bits per heavy atom. The summed E-state index contributed by atoms with van der Waals surface area (Å²) >= 11 is 0. The molecule has 0 bridgehead atoms. The highest BCUT2D eigenvalue weighted by atomic mass is 32.3. The zero-order valence-electron chi connectivity index (χ0n) is 22.8. The maximum absolute atomic E-state index is 12.4. The van der Waals surface area contributed by atoms with Gasteiger partial charge in [0.25, 0.3) is 0 Å². The third-order valence-electron chi connectivity index (χ3n) is 11.4. The SMILES string of the molecule is CC(C)C(O)CC[C@@H](C)[C@H]1[C@@H](O)C(O)[C@@H]2[C@]1(C)CC[C@@H]1[C@@]3(C)CC[C@H](OS(=O)(=O)O)C[C@@H]3C(O)C[C@]12O. The predicted molar refractivity (Wildman–Crippen MR) is 137 cm³/mol. The molecule has 0 radical (unpaired) electrons. The van der Waals surface area contributed by atoms with Gasteiger partial charge in [0.15, 0.2) is 0 Å². The van der Waals surface area contributed by atoms with Gasteiger partial charge >= 0.3 is 10.4 Å². The fraction of sp³-hybridized carbons (Fsp3) is 1.00. The second-order valence-corrected chi connectivity index (χ2v) is 14.8. The lowest BCUT2D eigenvalue weighted by Gasteiger charge is -2.66. The van der Waals surface area contributed by atoms with Crippen LogP contribution in [0.15, 0.2) is 0 Å². The van der Waals surface area contributed by atoms with Crippen molar-refractivity contribution in [1.82, 2.24) is 0 Å². The lowest BCUT2D eigenvalue weighted by molar-refractivity contribution is -0.263. The van der Waals surface area contributed by atoms with Crippen LogP contribution in [0.3, 0.4) is 0 Å². The van der Waals surface area contributed by atoms with E-state index in [9.17, 15) is 34.0 Å². The Labute approximate surface area is 221 Å². The first kappa shape index (κ1) is 29.6. The van der Waals surface area contributed by atoms with Crippen LogP contribution in [0.5, 0.6) is 0 Å². The first-order valence-electron chi connectivity index (χ1n) is 14.1. The summed E-state index contributed by atoms with van der Waals surface area (Å²) in [6, 6.07) is 0. The fourth-order valence-corrected chi connectivity index (χ4v) is 10.2. The molecule has 4 aliphatic rings. The van der Waals surface area contributed by atoms with E-state index in [0.717, 1.165) is 0 Å². The Bertz CT molecular complexity index is 942. The third-order valence-corrected chi connectivity index (χ3v) is 11.9. The molecular weight excluding hydrogens is 500 g/mol. The monoisotopic (exact) mass is 548 g/mol. The zero-order chi connectivity index (χ0) is 27.7. The van der Waals surface area contributed by atoms with Gasteiger partial charge in [-0.05, 0) is 85.4 Å². The summed E-state index contributed by atoms with van der Waals surface area (Å²) in [7, 11) is -4.60. The van der Waals surface area contributed by atoms with Crippen molar-refractivity contribution >= 4 is 10.4 Å². The van der Waals surface area contributed by atoms with Crippen LogP contribution in [0.1, 0.15) is 86.0 Å². The minimum Gasteiger partial charge on any atom is -0.393 e. The van der Waals surface area contributed by atoms with Crippen molar-refractivity contribution in [3.63, 3.8) is 0 Å². The van der Waals surface area contributed by atoms with Crippen molar-refractivity contribution in [2.75, 3.05) is 0 Å². The molecule has 0 saturated heterocycles. The van der Waals surface area contributed by atoms with Crippen LogP contribution in [-0.4, -0.2) is 74.6 Å². The predicted octanol–water partition coefficient (Wildman–Crippen LogP) is 2.29. The van der Waals surface area contributed by atoms with Crippen LogP contribution in [-0.2, 0) is 14.6 Å². The van der Waals surface area contributed by atoms with E-state index in [1.807, 2.05) is 20.8 Å². The third kappa shape index (κ3) is 4.92. The van der Waals surface area contributed by atoms with E-state index in [-0.39, 0.29) is 42.4 Å². The highest BCUT2D eigenvalue weighted by Crippen LogP contribution is 2.70. The molecule has 3 unspecified atom stereocenters. The minimum absolute atomic E-state index is 0.0260. The Balaban J connectivity index is 1.61. The van der Waals surface area contributed by atoms with Crippen molar-refractivity contribution in [3.05, 3.63) is 0 Å². The molecule has 6 N–H and O–H groups in total. The van der Waals surface area contributed by atoms with Crippen molar-refractivity contribution in [3.8, 4) is 0 Å². The summed E-state index contributed by atoms with van der Waals surface area (Å²) < 4.78 is 36.6. The maximum atomic E-state index is 12.4. The summed E-state index contributed by atoms with van der Waals surface area (Å²) in [5.41, 5.74) is -2.44. The maximum Gasteiger partial charge on any atom is 0.397 e. The van der Waals surface area contributed by atoms with Gasteiger partial charge in [0.05, 0.1) is 36.1 Å². The topological polar surface area (TPSA) is 165 Å². The number of fused-ring (bicyclic) bond motifs is 5. The van der Waals surface area contributed by atoms with Crippen LogP contribution in [0, 0.1) is 46.3 Å². The molecule has 0 aliphatic heterocycles. The second kappa shape index (κ2) is 9.94. The number of aliphatic hydroxyl groups is 5. The van der Waals surface area contributed by atoms with Crippen LogP contribution >= 0.6 is 0 Å². The van der Waals surface area contributed by atoms with Crippen LogP contribution in [0.4, 0.5) is 0 Å². The lowest BCUT2D eigenvalue weighted by Crippen LogP contribution is -2.68. The Hall–Kier alpha value is -0.330. The first-order valence-corrected chi connectivity index (χ1v) is 15.4. The molecule has 0 aromatic heterocycles.